The average Bonchev–Trinajstić information content (AvgIpc) is 2.56. The smallest absolute Gasteiger partial charge is 0.221 e. The molecule has 0 aliphatic carbocycles. The summed E-state index contributed by atoms with van der Waals surface area (Å²) in [7, 11) is 0. The SMILES string of the molecule is CC(N)C(c1cccnc1)N1CCNC(=O)CC1. The third kappa shape index (κ3) is 3.05. The minimum Gasteiger partial charge on any atom is -0.355 e. The van der Waals surface area contributed by atoms with Crippen LogP contribution in [0, 0.1) is 0 Å². The predicted molar refractivity (Wildman–Crippen MR) is 69.8 cm³/mol. The first kappa shape index (κ1) is 13.0. The van der Waals surface area contributed by atoms with E-state index in [1.54, 1.807) is 6.20 Å². The fourth-order valence-corrected chi connectivity index (χ4v) is 2.46. The van der Waals surface area contributed by atoms with Crippen LogP contribution >= 0.6 is 0 Å². The van der Waals surface area contributed by atoms with Crippen LogP contribution in [0.1, 0.15) is 24.9 Å². The van der Waals surface area contributed by atoms with E-state index in [1.807, 2.05) is 25.3 Å². The van der Waals surface area contributed by atoms with E-state index >= 15 is 0 Å². The van der Waals surface area contributed by atoms with Crippen molar-refractivity contribution in [1.82, 2.24) is 15.2 Å². The molecule has 3 N–H and O–H groups in total. The zero-order valence-electron chi connectivity index (χ0n) is 10.7. The summed E-state index contributed by atoms with van der Waals surface area (Å²) in [5.41, 5.74) is 7.22. The number of nitrogens with zero attached hydrogens (tertiary/aromatic N) is 2. The van der Waals surface area contributed by atoms with Crippen molar-refractivity contribution in [3.8, 4) is 0 Å². The maximum atomic E-state index is 11.4. The van der Waals surface area contributed by atoms with Gasteiger partial charge in [0.05, 0.1) is 6.04 Å². The van der Waals surface area contributed by atoms with Crippen LogP contribution in [0.5, 0.6) is 0 Å². The van der Waals surface area contributed by atoms with Crippen LogP contribution < -0.4 is 11.1 Å². The molecule has 0 radical (unpaired) electrons. The molecule has 1 fully saturated rings. The van der Waals surface area contributed by atoms with Crippen molar-refractivity contribution in [3.05, 3.63) is 30.1 Å². The molecule has 2 unspecified atom stereocenters. The molecule has 2 heterocycles. The normalized spacial score (nSPS) is 20.9. The molecular weight excluding hydrogens is 228 g/mol. The monoisotopic (exact) mass is 248 g/mol. The molecule has 1 aromatic rings. The summed E-state index contributed by atoms with van der Waals surface area (Å²) < 4.78 is 0. The molecule has 2 atom stereocenters. The lowest BCUT2D eigenvalue weighted by atomic mass is 10.0. The molecule has 98 valence electrons. The van der Waals surface area contributed by atoms with Gasteiger partial charge < -0.3 is 11.1 Å². The quantitative estimate of drug-likeness (QED) is 0.806. The van der Waals surface area contributed by atoms with Crippen molar-refractivity contribution < 1.29 is 4.79 Å². The Labute approximate surface area is 107 Å². The number of hydrogen-bond donors (Lipinski definition) is 2. The Morgan fingerprint density at radius 1 is 1.50 bits per heavy atom. The minimum absolute atomic E-state index is 0.00222. The Hall–Kier alpha value is -1.46. The molecule has 0 saturated carbocycles. The third-order valence-electron chi connectivity index (χ3n) is 3.26. The van der Waals surface area contributed by atoms with Crippen LogP contribution in [-0.2, 0) is 4.79 Å². The number of aromatic nitrogens is 1. The van der Waals surface area contributed by atoms with Gasteiger partial charge in [-0.05, 0) is 18.6 Å². The van der Waals surface area contributed by atoms with Gasteiger partial charge in [-0.15, -0.1) is 0 Å². The zero-order chi connectivity index (χ0) is 13.0. The first-order valence-corrected chi connectivity index (χ1v) is 6.34. The van der Waals surface area contributed by atoms with Crippen molar-refractivity contribution in [1.29, 1.82) is 0 Å². The number of carbonyl (C=O) groups is 1. The van der Waals surface area contributed by atoms with E-state index < -0.39 is 0 Å². The second-order valence-corrected chi connectivity index (χ2v) is 4.73. The summed E-state index contributed by atoms with van der Waals surface area (Å²) in [5.74, 6) is 0.118. The van der Waals surface area contributed by atoms with Gasteiger partial charge in [0.25, 0.3) is 0 Å². The van der Waals surface area contributed by atoms with Crippen molar-refractivity contribution in [2.45, 2.75) is 25.4 Å². The summed E-state index contributed by atoms with van der Waals surface area (Å²) in [5, 5.41) is 2.88. The molecule has 1 amide bonds. The standard InChI is InChI=1S/C13H20N4O/c1-10(14)13(11-3-2-5-15-9-11)17-7-4-12(18)16-6-8-17/h2-3,5,9-10,13H,4,6-8,14H2,1H3,(H,16,18). The highest BCUT2D eigenvalue weighted by atomic mass is 16.1. The second-order valence-electron chi connectivity index (χ2n) is 4.73. The van der Waals surface area contributed by atoms with Crippen LogP contribution in [-0.4, -0.2) is 41.5 Å². The van der Waals surface area contributed by atoms with Gasteiger partial charge in [-0.2, -0.15) is 0 Å². The van der Waals surface area contributed by atoms with Gasteiger partial charge >= 0.3 is 0 Å². The lowest BCUT2D eigenvalue weighted by Crippen LogP contribution is -2.41. The first-order chi connectivity index (χ1) is 8.68. The number of rotatable bonds is 3. The third-order valence-corrected chi connectivity index (χ3v) is 3.26. The molecule has 5 nitrogen and oxygen atoms in total. The minimum atomic E-state index is 0.00222. The molecular formula is C13H20N4O. The Kier molecular flexibility index (Phi) is 4.28. The molecule has 0 bridgehead atoms. The summed E-state index contributed by atoms with van der Waals surface area (Å²) in [6, 6.07) is 4.08. The Morgan fingerprint density at radius 2 is 2.33 bits per heavy atom. The van der Waals surface area contributed by atoms with E-state index in [0.717, 1.165) is 18.7 Å². The highest BCUT2D eigenvalue weighted by Crippen LogP contribution is 2.23. The largest absolute Gasteiger partial charge is 0.355 e. The van der Waals surface area contributed by atoms with E-state index in [1.165, 1.54) is 0 Å². The zero-order valence-corrected chi connectivity index (χ0v) is 10.7. The summed E-state index contributed by atoms with van der Waals surface area (Å²) in [6.07, 6.45) is 4.15. The van der Waals surface area contributed by atoms with Crippen LogP contribution in [0.3, 0.4) is 0 Å². The Balaban J connectivity index is 2.17. The molecule has 0 spiro atoms. The molecule has 1 aliphatic heterocycles. The molecule has 1 aromatic heterocycles. The van der Waals surface area contributed by atoms with Gasteiger partial charge in [0.1, 0.15) is 0 Å². The number of hydrogen-bond acceptors (Lipinski definition) is 4. The van der Waals surface area contributed by atoms with E-state index in [0.29, 0.717) is 13.0 Å². The molecule has 0 aromatic carbocycles. The lowest BCUT2D eigenvalue weighted by Gasteiger charge is -2.33. The maximum absolute atomic E-state index is 11.4. The van der Waals surface area contributed by atoms with Crippen molar-refractivity contribution in [3.63, 3.8) is 0 Å². The number of nitrogens with one attached hydrogen (secondary N) is 1. The highest BCUT2D eigenvalue weighted by molar-refractivity contribution is 5.76. The number of pyridine rings is 1. The van der Waals surface area contributed by atoms with Gasteiger partial charge in [-0.1, -0.05) is 6.07 Å². The van der Waals surface area contributed by atoms with Gasteiger partial charge in [0.15, 0.2) is 0 Å². The van der Waals surface area contributed by atoms with Crippen LogP contribution in [0.4, 0.5) is 0 Å². The second kappa shape index (κ2) is 5.93. The van der Waals surface area contributed by atoms with Crippen LogP contribution in [0.2, 0.25) is 0 Å². The maximum Gasteiger partial charge on any atom is 0.221 e. The Morgan fingerprint density at radius 3 is 3.00 bits per heavy atom. The number of nitrogens with two attached hydrogens (primary N) is 1. The van der Waals surface area contributed by atoms with Gasteiger partial charge in [-0.3, -0.25) is 14.7 Å². The summed E-state index contributed by atoms with van der Waals surface area (Å²) in [6.45, 7) is 4.25. The Bertz CT molecular complexity index is 393. The lowest BCUT2D eigenvalue weighted by molar-refractivity contribution is -0.120. The van der Waals surface area contributed by atoms with E-state index in [4.69, 9.17) is 5.73 Å². The van der Waals surface area contributed by atoms with E-state index in [2.05, 4.69) is 15.2 Å². The summed E-state index contributed by atoms with van der Waals surface area (Å²) in [4.78, 5) is 17.8. The average molecular weight is 248 g/mol. The number of carbonyl (C=O) groups excluding carboxylic acids is 1. The van der Waals surface area contributed by atoms with Crippen molar-refractivity contribution in [2.24, 2.45) is 5.73 Å². The van der Waals surface area contributed by atoms with Gasteiger partial charge in [0.2, 0.25) is 5.91 Å². The van der Waals surface area contributed by atoms with Crippen LogP contribution in [0.15, 0.2) is 24.5 Å². The predicted octanol–water partition coefficient (Wildman–Crippen LogP) is 0.292. The van der Waals surface area contributed by atoms with E-state index in [9.17, 15) is 4.79 Å². The fourth-order valence-electron chi connectivity index (χ4n) is 2.46. The highest BCUT2D eigenvalue weighted by Gasteiger charge is 2.26. The van der Waals surface area contributed by atoms with Crippen LogP contribution in [0.25, 0.3) is 0 Å². The van der Waals surface area contributed by atoms with Gasteiger partial charge in [-0.25, -0.2) is 0 Å². The van der Waals surface area contributed by atoms with Crippen molar-refractivity contribution >= 4 is 5.91 Å². The fraction of sp³-hybridized carbons (Fsp3) is 0.538. The van der Waals surface area contributed by atoms with Crippen molar-refractivity contribution in [2.75, 3.05) is 19.6 Å². The molecule has 1 saturated heterocycles. The molecule has 1 aliphatic rings. The molecule has 5 heteroatoms. The first-order valence-electron chi connectivity index (χ1n) is 6.34. The van der Waals surface area contributed by atoms with Gasteiger partial charge in [0, 0.05) is 44.5 Å². The number of amides is 1. The van der Waals surface area contributed by atoms with E-state index in [-0.39, 0.29) is 18.0 Å². The summed E-state index contributed by atoms with van der Waals surface area (Å²) >= 11 is 0. The molecule has 2 rings (SSSR count). The molecule has 18 heavy (non-hydrogen) atoms. The topological polar surface area (TPSA) is 71.2 Å².